The molecule has 0 radical (unpaired) electrons. The van der Waals surface area contributed by atoms with E-state index < -0.39 is 28.5 Å². The Morgan fingerprint density at radius 2 is 1.47 bits per heavy atom. The number of carbonyl (C=O) groups is 2. The number of nitrogens with one attached hydrogen (secondary N) is 1. The lowest BCUT2D eigenvalue weighted by atomic mass is 10.1. The Morgan fingerprint density at radius 3 is 2.08 bits per heavy atom. The van der Waals surface area contributed by atoms with E-state index in [2.05, 4.69) is 5.32 Å². The smallest absolute Gasteiger partial charge is 0.264 e. The fraction of sp³-hybridized carbons (Fsp3) is 0.333. The maximum atomic E-state index is 13.9. The largest absolute Gasteiger partial charge is 0.352 e. The summed E-state index contributed by atoms with van der Waals surface area (Å²) in [6, 6.07) is 23.7. The van der Waals surface area contributed by atoms with Gasteiger partial charge in [-0.1, -0.05) is 79.1 Å². The molecule has 0 bridgehead atoms. The van der Waals surface area contributed by atoms with Crippen LogP contribution in [0.5, 0.6) is 0 Å². The number of aryl methyl sites for hydroxylation is 1. The molecule has 4 rings (SSSR count). The van der Waals surface area contributed by atoms with Gasteiger partial charge in [0, 0.05) is 12.6 Å². The first-order valence-electron chi connectivity index (χ1n) is 13.0. The van der Waals surface area contributed by atoms with E-state index >= 15 is 0 Å². The summed E-state index contributed by atoms with van der Waals surface area (Å²) in [6.07, 6.45) is 4.02. The van der Waals surface area contributed by atoms with E-state index in [0.717, 1.165) is 41.1 Å². The van der Waals surface area contributed by atoms with Crippen molar-refractivity contribution in [2.24, 2.45) is 0 Å². The summed E-state index contributed by atoms with van der Waals surface area (Å²) < 4.78 is 28.5. The van der Waals surface area contributed by atoms with Crippen LogP contribution in [0.4, 0.5) is 5.69 Å². The molecule has 1 aliphatic carbocycles. The lowest BCUT2D eigenvalue weighted by Crippen LogP contribution is -2.52. The van der Waals surface area contributed by atoms with Crippen LogP contribution in [0.3, 0.4) is 0 Å². The van der Waals surface area contributed by atoms with Crippen molar-refractivity contribution in [1.29, 1.82) is 0 Å². The molecular weight excluding hydrogens is 498 g/mol. The highest BCUT2D eigenvalue weighted by Gasteiger charge is 2.33. The number of hydrogen-bond donors (Lipinski definition) is 1. The first kappa shape index (κ1) is 27.4. The van der Waals surface area contributed by atoms with Gasteiger partial charge in [-0.2, -0.15) is 0 Å². The van der Waals surface area contributed by atoms with Gasteiger partial charge < -0.3 is 10.2 Å². The monoisotopic (exact) mass is 533 g/mol. The summed E-state index contributed by atoms with van der Waals surface area (Å²) in [5.41, 5.74) is 2.33. The quantitative estimate of drug-likeness (QED) is 0.411. The number of benzene rings is 3. The zero-order valence-electron chi connectivity index (χ0n) is 21.9. The molecule has 1 saturated carbocycles. The van der Waals surface area contributed by atoms with Crippen LogP contribution >= 0.6 is 0 Å². The number of amides is 2. The van der Waals surface area contributed by atoms with Crippen LogP contribution in [0.15, 0.2) is 89.8 Å². The molecule has 1 unspecified atom stereocenters. The number of para-hydroxylation sites is 1. The minimum Gasteiger partial charge on any atom is -0.352 e. The predicted molar refractivity (Wildman–Crippen MR) is 149 cm³/mol. The second-order valence-corrected chi connectivity index (χ2v) is 11.7. The molecule has 3 aromatic carbocycles. The minimum atomic E-state index is -4.04. The van der Waals surface area contributed by atoms with E-state index in [1.165, 1.54) is 17.0 Å². The molecule has 200 valence electrons. The second kappa shape index (κ2) is 12.3. The summed E-state index contributed by atoms with van der Waals surface area (Å²) in [5, 5.41) is 3.09. The Kier molecular flexibility index (Phi) is 8.84. The third-order valence-electron chi connectivity index (χ3n) is 7.00. The molecule has 1 N–H and O–H groups in total. The van der Waals surface area contributed by atoms with Crippen molar-refractivity contribution < 1.29 is 18.0 Å². The molecule has 0 heterocycles. The molecule has 0 aliphatic heterocycles. The van der Waals surface area contributed by atoms with E-state index in [9.17, 15) is 18.0 Å². The zero-order valence-corrected chi connectivity index (χ0v) is 22.7. The number of rotatable bonds is 10. The molecule has 8 heteroatoms. The summed E-state index contributed by atoms with van der Waals surface area (Å²) >= 11 is 0. The van der Waals surface area contributed by atoms with Gasteiger partial charge in [-0.25, -0.2) is 8.42 Å². The van der Waals surface area contributed by atoms with Crippen LogP contribution in [-0.4, -0.2) is 43.8 Å². The number of carbonyl (C=O) groups excluding carboxylic acids is 2. The predicted octanol–water partition coefficient (Wildman–Crippen LogP) is 4.67. The molecule has 1 fully saturated rings. The zero-order chi connectivity index (χ0) is 27.1. The number of hydrogen-bond acceptors (Lipinski definition) is 4. The normalized spacial score (nSPS) is 14.6. The Hall–Kier alpha value is -3.65. The topological polar surface area (TPSA) is 86.8 Å². The third kappa shape index (κ3) is 6.61. The van der Waals surface area contributed by atoms with E-state index in [0.29, 0.717) is 5.69 Å². The molecule has 0 saturated heterocycles. The van der Waals surface area contributed by atoms with Crippen molar-refractivity contribution in [1.82, 2.24) is 10.2 Å². The van der Waals surface area contributed by atoms with E-state index in [-0.39, 0.29) is 23.4 Å². The summed E-state index contributed by atoms with van der Waals surface area (Å²) in [6.45, 7) is 3.44. The van der Waals surface area contributed by atoms with Gasteiger partial charge in [-0.15, -0.1) is 0 Å². The first-order valence-corrected chi connectivity index (χ1v) is 14.5. The van der Waals surface area contributed by atoms with Crippen molar-refractivity contribution in [3.8, 4) is 0 Å². The van der Waals surface area contributed by atoms with Crippen LogP contribution < -0.4 is 9.62 Å². The Labute approximate surface area is 225 Å². The third-order valence-corrected chi connectivity index (χ3v) is 8.78. The molecule has 3 aromatic rings. The molecule has 7 nitrogen and oxygen atoms in total. The molecule has 1 atom stereocenters. The van der Waals surface area contributed by atoms with E-state index in [1.54, 1.807) is 55.5 Å². The van der Waals surface area contributed by atoms with E-state index in [4.69, 9.17) is 0 Å². The Morgan fingerprint density at radius 1 is 0.895 bits per heavy atom. The highest BCUT2D eigenvalue weighted by Crippen LogP contribution is 2.24. The number of nitrogens with zero attached hydrogens (tertiary/aromatic N) is 2. The number of anilines is 1. The average Bonchev–Trinajstić information content (AvgIpc) is 3.45. The number of sulfonamides is 1. The fourth-order valence-electron chi connectivity index (χ4n) is 4.71. The van der Waals surface area contributed by atoms with Crippen molar-refractivity contribution in [3.63, 3.8) is 0 Å². The van der Waals surface area contributed by atoms with Gasteiger partial charge in [0.15, 0.2) is 0 Å². The molecule has 0 aromatic heterocycles. The summed E-state index contributed by atoms with van der Waals surface area (Å²) in [4.78, 5) is 28.7. The maximum absolute atomic E-state index is 13.9. The fourth-order valence-corrected chi connectivity index (χ4v) is 6.14. The lowest BCUT2D eigenvalue weighted by molar-refractivity contribution is -0.139. The highest BCUT2D eigenvalue weighted by molar-refractivity contribution is 7.92. The van der Waals surface area contributed by atoms with Gasteiger partial charge in [0.25, 0.3) is 10.0 Å². The summed E-state index contributed by atoms with van der Waals surface area (Å²) in [7, 11) is -4.04. The summed E-state index contributed by atoms with van der Waals surface area (Å²) in [5.74, 6) is -0.683. The van der Waals surface area contributed by atoms with Gasteiger partial charge in [-0.05, 0) is 56.5 Å². The standard InChI is InChI=1S/C30H35N3O4S/c1-23-17-19-25(20-18-23)21-32(24(2)30(35)31-26-11-9-10-12-26)29(34)22-33(27-13-5-3-6-14-27)38(36,37)28-15-7-4-8-16-28/h3-8,13-20,24,26H,9-12,21-22H2,1-2H3,(H,31,35). The molecule has 38 heavy (non-hydrogen) atoms. The van der Waals surface area contributed by atoms with Crippen LogP contribution in [0.2, 0.25) is 0 Å². The van der Waals surface area contributed by atoms with Gasteiger partial charge >= 0.3 is 0 Å². The Bertz CT molecular complexity index is 1320. The van der Waals surface area contributed by atoms with Crippen LogP contribution in [0, 0.1) is 6.92 Å². The van der Waals surface area contributed by atoms with Gasteiger partial charge in [0.1, 0.15) is 12.6 Å². The van der Waals surface area contributed by atoms with Crippen molar-refractivity contribution in [2.45, 2.75) is 63.1 Å². The van der Waals surface area contributed by atoms with Crippen molar-refractivity contribution >= 4 is 27.5 Å². The van der Waals surface area contributed by atoms with Crippen molar-refractivity contribution in [2.75, 3.05) is 10.8 Å². The van der Waals surface area contributed by atoms with Crippen LogP contribution in [-0.2, 0) is 26.2 Å². The van der Waals surface area contributed by atoms with Gasteiger partial charge in [-0.3, -0.25) is 13.9 Å². The Balaban J connectivity index is 1.65. The van der Waals surface area contributed by atoms with Gasteiger partial charge in [0.05, 0.1) is 10.6 Å². The molecular formula is C30H35N3O4S. The maximum Gasteiger partial charge on any atom is 0.264 e. The first-order chi connectivity index (χ1) is 18.3. The lowest BCUT2D eigenvalue weighted by Gasteiger charge is -2.32. The SMILES string of the molecule is Cc1ccc(CN(C(=O)CN(c2ccccc2)S(=O)(=O)c2ccccc2)C(C)C(=O)NC2CCCC2)cc1. The van der Waals surface area contributed by atoms with Crippen molar-refractivity contribution in [3.05, 3.63) is 96.1 Å². The average molecular weight is 534 g/mol. The minimum absolute atomic E-state index is 0.0914. The van der Waals surface area contributed by atoms with Crippen LogP contribution in [0.1, 0.15) is 43.7 Å². The van der Waals surface area contributed by atoms with E-state index in [1.807, 2.05) is 31.2 Å². The van der Waals surface area contributed by atoms with Gasteiger partial charge in [0.2, 0.25) is 11.8 Å². The van der Waals surface area contributed by atoms with Crippen LogP contribution in [0.25, 0.3) is 0 Å². The molecule has 0 spiro atoms. The second-order valence-electron chi connectivity index (χ2n) is 9.83. The molecule has 1 aliphatic rings. The molecule has 2 amide bonds. The highest BCUT2D eigenvalue weighted by atomic mass is 32.2.